The van der Waals surface area contributed by atoms with Crippen LogP contribution in [0.3, 0.4) is 0 Å². The fourth-order valence-corrected chi connectivity index (χ4v) is 2.10. The summed E-state index contributed by atoms with van der Waals surface area (Å²) in [6, 6.07) is 11.7. The molecule has 0 aliphatic carbocycles. The van der Waals surface area contributed by atoms with Crippen molar-refractivity contribution in [2.45, 2.75) is 19.4 Å². The second kappa shape index (κ2) is 8.20. The number of ether oxygens (including phenoxy) is 1. The van der Waals surface area contributed by atoms with Gasteiger partial charge in [0.25, 0.3) is 0 Å². The Kier molecular flexibility index (Phi) is 5.98. The number of para-hydroxylation sites is 1. The van der Waals surface area contributed by atoms with Gasteiger partial charge >= 0.3 is 0 Å². The Labute approximate surface area is 131 Å². The van der Waals surface area contributed by atoms with Crippen LogP contribution in [0.15, 0.2) is 55.3 Å². The minimum absolute atomic E-state index is 0.229. The first-order chi connectivity index (χ1) is 10.7. The number of hydrogen-bond donors (Lipinski definition) is 2. The third-order valence-electron chi connectivity index (χ3n) is 3.28. The number of hydrogen-bond acceptors (Lipinski definition) is 4. The van der Waals surface area contributed by atoms with Crippen LogP contribution in [0, 0.1) is 6.92 Å². The van der Waals surface area contributed by atoms with Gasteiger partial charge in [0, 0.05) is 12.7 Å². The minimum Gasteiger partial charge on any atom is -0.491 e. The van der Waals surface area contributed by atoms with Crippen LogP contribution in [0.5, 0.6) is 5.75 Å². The van der Waals surface area contributed by atoms with E-state index in [1.54, 1.807) is 6.20 Å². The Balaban J connectivity index is 1.84. The highest BCUT2D eigenvalue weighted by atomic mass is 16.5. The first-order valence-corrected chi connectivity index (χ1v) is 7.36. The summed E-state index contributed by atoms with van der Waals surface area (Å²) >= 11 is 0. The molecule has 0 bridgehead atoms. The van der Waals surface area contributed by atoms with E-state index in [0.717, 1.165) is 29.1 Å². The largest absolute Gasteiger partial charge is 0.491 e. The molecule has 116 valence electrons. The molecule has 0 radical (unpaired) electrons. The Morgan fingerprint density at radius 3 is 2.91 bits per heavy atom. The lowest BCUT2D eigenvalue weighted by Crippen LogP contribution is -2.27. The van der Waals surface area contributed by atoms with E-state index < -0.39 is 6.10 Å². The molecule has 0 aliphatic heterocycles. The molecule has 0 aliphatic rings. The average molecular weight is 298 g/mol. The molecule has 2 aromatic rings. The SMILES string of the molecule is C=CCc1ccccc1OCC(O)CNc1ncccc1C. The van der Waals surface area contributed by atoms with Crippen LogP contribution in [0.1, 0.15) is 11.1 Å². The van der Waals surface area contributed by atoms with E-state index in [2.05, 4.69) is 16.9 Å². The van der Waals surface area contributed by atoms with Gasteiger partial charge in [0.2, 0.25) is 0 Å². The summed E-state index contributed by atoms with van der Waals surface area (Å²) in [7, 11) is 0. The predicted octanol–water partition coefficient (Wildman–Crippen LogP) is 2.97. The van der Waals surface area contributed by atoms with Gasteiger partial charge in [-0.3, -0.25) is 0 Å². The van der Waals surface area contributed by atoms with Crippen molar-refractivity contribution in [2.24, 2.45) is 0 Å². The van der Waals surface area contributed by atoms with Gasteiger partial charge in [0.15, 0.2) is 0 Å². The maximum absolute atomic E-state index is 10.0. The Bertz CT molecular complexity index is 614. The number of rotatable bonds is 8. The Morgan fingerprint density at radius 1 is 1.32 bits per heavy atom. The molecule has 1 aromatic heterocycles. The first-order valence-electron chi connectivity index (χ1n) is 7.36. The van der Waals surface area contributed by atoms with Crippen LogP contribution < -0.4 is 10.1 Å². The minimum atomic E-state index is -0.613. The molecule has 4 heteroatoms. The number of aromatic nitrogens is 1. The number of nitrogens with zero attached hydrogens (tertiary/aromatic N) is 1. The number of benzene rings is 1. The van der Waals surface area contributed by atoms with Gasteiger partial charge in [0.05, 0.1) is 0 Å². The lowest BCUT2D eigenvalue weighted by Gasteiger charge is -2.16. The zero-order chi connectivity index (χ0) is 15.8. The summed E-state index contributed by atoms with van der Waals surface area (Å²) in [6.45, 7) is 6.34. The standard InChI is InChI=1S/C18H22N2O2/c1-3-7-15-9-4-5-10-17(15)22-13-16(21)12-20-18-14(2)8-6-11-19-18/h3-6,8-11,16,21H,1,7,12-13H2,2H3,(H,19,20). The van der Waals surface area contributed by atoms with Gasteiger partial charge in [0.1, 0.15) is 24.3 Å². The van der Waals surface area contributed by atoms with E-state index in [4.69, 9.17) is 4.74 Å². The zero-order valence-corrected chi connectivity index (χ0v) is 12.8. The van der Waals surface area contributed by atoms with E-state index in [9.17, 15) is 5.11 Å². The van der Waals surface area contributed by atoms with Crippen molar-refractivity contribution < 1.29 is 9.84 Å². The van der Waals surface area contributed by atoms with E-state index in [1.807, 2.05) is 49.4 Å². The molecule has 0 saturated heterocycles. The molecule has 1 aromatic carbocycles. The van der Waals surface area contributed by atoms with Crippen LogP contribution in [0.2, 0.25) is 0 Å². The van der Waals surface area contributed by atoms with Crippen LogP contribution in [-0.2, 0) is 6.42 Å². The lowest BCUT2D eigenvalue weighted by atomic mass is 10.1. The van der Waals surface area contributed by atoms with Crippen molar-refractivity contribution in [1.82, 2.24) is 4.98 Å². The number of allylic oxidation sites excluding steroid dienone is 1. The molecule has 4 nitrogen and oxygen atoms in total. The van der Waals surface area contributed by atoms with Crippen LogP contribution >= 0.6 is 0 Å². The number of anilines is 1. The molecule has 0 spiro atoms. The Morgan fingerprint density at radius 2 is 2.14 bits per heavy atom. The molecule has 2 rings (SSSR count). The predicted molar refractivity (Wildman–Crippen MR) is 89.3 cm³/mol. The third kappa shape index (κ3) is 4.60. The summed E-state index contributed by atoms with van der Waals surface area (Å²) in [5.74, 6) is 1.57. The molecule has 1 atom stereocenters. The van der Waals surface area contributed by atoms with Crippen LogP contribution in [0.4, 0.5) is 5.82 Å². The first kappa shape index (κ1) is 16.0. The molecule has 1 heterocycles. The quantitative estimate of drug-likeness (QED) is 0.736. The summed E-state index contributed by atoms with van der Waals surface area (Å²) < 4.78 is 5.71. The van der Waals surface area contributed by atoms with Crippen molar-refractivity contribution in [3.8, 4) is 5.75 Å². The molecular formula is C18H22N2O2. The second-order valence-electron chi connectivity index (χ2n) is 5.12. The highest BCUT2D eigenvalue weighted by Crippen LogP contribution is 2.19. The summed E-state index contributed by atoms with van der Waals surface area (Å²) in [4.78, 5) is 4.23. The van der Waals surface area contributed by atoms with Crippen LogP contribution in [-0.4, -0.2) is 29.3 Å². The molecular weight excluding hydrogens is 276 g/mol. The van der Waals surface area contributed by atoms with Crippen molar-refractivity contribution >= 4 is 5.82 Å². The zero-order valence-electron chi connectivity index (χ0n) is 12.8. The molecule has 2 N–H and O–H groups in total. The van der Waals surface area contributed by atoms with Gasteiger partial charge < -0.3 is 15.2 Å². The van der Waals surface area contributed by atoms with E-state index in [-0.39, 0.29) is 6.61 Å². The van der Waals surface area contributed by atoms with Crippen molar-refractivity contribution in [1.29, 1.82) is 0 Å². The van der Waals surface area contributed by atoms with Crippen molar-refractivity contribution in [3.05, 3.63) is 66.4 Å². The molecule has 0 amide bonds. The van der Waals surface area contributed by atoms with Gasteiger partial charge in [-0.2, -0.15) is 0 Å². The number of nitrogens with one attached hydrogen (secondary N) is 1. The third-order valence-corrected chi connectivity index (χ3v) is 3.28. The second-order valence-corrected chi connectivity index (χ2v) is 5.12. The van der Waals surface area contributed by atoms with Crippen molar-refractivity contribution in [2.75, 3.05) is 18.5 Å². The van der Waals surface area contributed by atoms with Crippen molar-refractivity contribution in [3.63, 3.8) is 0 Å². The van der Waals surface area contributed by atoms with Gasteiger partial charge in [-0.05, 0) is 36.6 Å². The monoisotopic (exact) mass is 298 g/mol. The average Bonchev–Trinajstić information content (AvgIpc) is 2.53. The van der Waals surface area contributed by atoms with E-state index in [1.165, 1.54) is 0 Å². The molecule has 1 unspecified atom stereocenters. The number of aliphatic hydroxyl groups excluding tert-OH is 1. The van der Waals surface area contributed by atoms with Gasteiger partial charge in [-0.1, -0.05) is 30.3 Å². The lowest BCUT2D eigenvalue weighted by molar-refractivity contribution is 0.117. The fourth-order valence-electron chi connectivity index (χ4n) is 2.10. The number of aryl methyl sites for hydroxylation is 1. The summed E-state index contributed by atoms with van der Waals surface area (Å²) in [5.41, 5.74) is 2.12. The molecule has 0 saturated carbocycles. The highest BCUT2D eigenvalue weighted by Gasteiger charge is 2.08. The Hall–Kier alpha value is -2.33. The summed E-state index contributed by atoms with van der Waals surface area (Å²) in [6.07, 6.45) is 3.70. The fraction of sp³-hybridized carbons (Fsp3) is 0.278. The number of pyridine rings is 1. The normalized spacial score (nSPS) is 11.7. The summed E-state index contributed by atoms with van der Waals surface area (Å²) in [5, 5.41) is 13.2. The molecule has 0 fully saturated rings. The number of aliphatic hydroxyl groups is 1. The highest BCUT2D eigenvalue weighted by molar-refractivity contribution is 5.42. The topological polar surface area (TPSA) is 54.4 Å². The maximum Gasteiger partial charge on any atom is 0.128 e. The van der Waals surface area contributed by atoms with Gasteiger partial charge in [-0.25, -0.2) is 4.98 Å². The smallest absolute Gasteiger partial charge is 0.128 e. The van der Waals surface area contributed by atoms with Crippen LogP contribution in [0.25, 0.3) is 0 Å². The molecule has 22 heavy (non-hydrogen) atoms. The van der Waals surface area contributed by atoms with Gasteiger partial charge in [-0.15, -0.1) is 6.58 Å². The maximum atomic E-state index is 10.0. The van der Waals surface area contributed by atoms with E-state index >= 15 is 0 Å². The van der Waals surface area contributed by atoms with E-state index in [0.29, 0.717) is 6.54 Å².